The van der Waals surface area contributed by atoms with Crippen molar-refractivity contribution in [2.75, 3.05) is 4.90 Å². The molecule has 2 amide bonds. The van der Waals surface area contributed by atoms with Crippen molar-refractivity contribution in [2.45, 2.75) is 0 Å². The monoisotopic (exact) mass is 409 g/mol. The maximum atomic E-state index is 12.5. The lowest BCUT2D eigenvalue weighted by molar-refractivity contribution is -0.113. The molecular weight excluding hydrogens is 402 g/mol. The Morgan fingerprint density at radius 2 is 1.87 bits per heavy atom. The number of amides is 2. The Labute approximate surface area is 149 Å². The van der Waals surface area contributed by atoms with E-state index in [0.717, 1.165) is 16.7 Å². The molecule has 1 heterocycles. The molecule has 23 heavy (non-hydrogen) atoms. The molecule has 0 radical (unpaired) electrons. The zero-order valence-corrected chi connectivity index (χ0v) is 14.7. The second-order valence-electron chi connectivity index (χ2n) is 4.69. The highest BCUT2D eigenvalue weighted by Gasteiger charge is 2.36. The minimum Gasteiger partial charge on any atom is -0.505 e. The zero-order valence-electron chi connectivity index (χ0n) is 11.5. The molecule has 1 saturated heterocycles. The third-order valence-electron chi connectivity index (χ3n) is 3.15. The van der Waals surface area contributed by atoms with E-state index in [4.69, 9.17) is 11.6 Å². The standard InChI is InChI=1S/C16H9BrClNO3S/c17-11-6-9(7-12(18)14(11)20)8-13-15(21)19(16(22)23-13)10-4-2-1-3-5-10/h1-8,20H. The summed E-state index contributed by atoms with van der Waals surface area (Å²) in [6.45, 7) is 0. The molecule has 3 rings (SSSR count). The number of anilines is 1. The normalized spacial score (nSPS) is 16.4. The van der Waals surface area contributed by atoms with Crippen LogP contribution in [-0.4, -0.2) is 16.3 Å². The summed E-state index contributed by atoms with van der Waals surface area (Å²) in [5.41, 5.74) is 1.14. The van der Waals surface area contributed by atoms with E-state index in [2.05, 4.69) is 15.9 Å². The lowest BCUT2D eigenvalue weighted by Crippen LogP contribution is -2.27. The van der Waals surface area contributed by atoms with Gasteiger partial charge >= 0.3 is 0 Å². The average Bonchev–Trinajstić information content (AvgIpc) is 2.80. The molecule has 0 aliphatic carbocycles. The van der Waals surface area contributed by atoms with Gasteiger partial charge in [0.2, 0.25) is 0 Å². The molecule has 1 N–H and O–H groups in total. The highest BCUT2D eigenvalue weighted by atomic mass is 79.9. The first-order valence-corrected chi connectivity index (χ1v) is 8.47. The second-order valence-corrected chi connectivity index (χ2v) is 6.94. The Morgan fingerprint density at radius 1 is 1.17 bits per heavy atom. The number of carbonyl (C=O) groups is 2. The van der Waals surface area contributed by atoms with E-state index in [-0.39, 0.29) is 21.9 Å². The van der Waals surface area contributed by atoms with Gasteiger partial charge in [0, 0.05) is 0 Å². The molecule has 1 aliphatic rings. The lowest BCUT2D eigenvalue weighted by Gasteiger charge is -2.11. The Hall–Kier alpha value is -1.76. The summed E-state index contributed by atoms with van der Waals surface area (Å²) in [6, 6.07) is 11.9. The van der Waals surface area contributed by atoms with Crippen molar-refractivity contribution in [3.63, 3.8) is 0 Å². The second kappa shape index (κ2) is 6.39. The van der Waals surface area contributed by atoms with Crippen LogP contribution in [0.2, 0.25) is 5.02 Å². The molecule has 0 unspecified atom stereocenters. The molecule has 1 aliphatic heterocycles. The summed E-state index contributed by atoms with van der Waals surface area (Å²) < 4.78 is 0.415. The van der Waals surface area contributed by atoms with E-state index >= 15 is 0 Å². The maximum absolute atomic E-state index is 12.5. The Balaban J connectivity index is 1.96. The predicted octanol–water partition coefficient (Wildman–Crippen LogP) is 5.05. The first-order chi connectivity index (χ1) is 11.0. The molecule has 1 fully saturated rings. The quantitative estimate of drug-likeness (QED) is 0.704. The summed E-state index contributed by atoms with van der Waals surface area (Å²) >= 11 is 9.97. The summed E-state index contributed by atoms with van der Waals surface area (Å²) in [6.07, 6.45) is 1.57. The van der Waals surface area contributed by atoms with Crippen molar-refractivity contribution < 1.29 is 14.7 Å². The van der Waals surface area contributed by atoms with Crippen LogP contribution in [0.1, 0.15) is 5.56 Å². The Bertz CT molecular complexity index is 815. The molecule has 4 nitrogen and oxygen atoms in total. The summed E-state index contributed by atoms with van der Waals surface area (Å²) in [5, 5.41) is 9.45. The van der Waals surface area contributed by atoms with E-state index in [1.54, 1.807) is 36.4 Å². The van der Waals surface area contributed by atoms with Crippen molar-refractivity contribution in [1.82, 2.24) is 0 Å². The van der Waals surface area contributed by atoms with Gasteiger partial charge in [0.1, 0.15) is 5.75 Å². The molecule has 7 heteroatoms. The highest BCUT2D eigenvalue weighted by Crippen LogP contribution is 2.38. The number of rotatable bonds is 2. The smallest absolute Gasteiger partial charge is 0.298 e. The molecule has 2 aromatic rings. The van der Waals surface area contributed by atoms with Gasteiger partial charge in [-0.3, -0.25) is 9.59 Å². The van der Waals surface area contributed by atoms with E-state index in [0.29, 0.717) is 20.6 Å². The van der Waals surface area contributed by atoms with Gasteiger partial charge < -0.3 is 5.11 Å². The summed E-state index contributed by atoms with van der Waals surface area (Å²) in [5.74, 6) is -0.451. The maximum Gasteiger partial charge on any atom is 0.298 e. The van der Waals surface area contributed by atoms with Gasteiger partial charge in [0.05, 0.1) is 20.1 Å². The van der Waals surface area contributed by atoms with E-state index in [9.17, 15) is 14.7 Å². The molecule has 0 aromatic heterocycles. The fourth-order valence-corrected chi connectivity index (χ4v) is 3.75. The predicted molar refractivity (Wildman–Crippen MR) is 95.7 cm³/mol. The molecule has 2 aromatic carbocycles. The Kier molecular flexibility index (Phi) is 4.48. The fourth-order valence-electron chi connectivity index (χ4n) is 2.09. The van der Waals surface area contributed by atoms with Crippen molar-refractivity contribution in [2.24, 2.45) is 0 Å². The molecule has 0 bridgehead atoms. The third kappa shape index (κ3) is 3.15. The van der Waals surface area contributed by atoms with Crippen LogP contribution in [0.3, 0.4) is 0 Å². The van der Waals surface area contributed by atoms with Gasteiger partial charge in [0.15, 0.2) is 0 Å². The number of halogens is 2. The van der Waals surface area contributed by atoms with Gasteiger partial charge in [0.25, 0.3) is 11.1 Å². The van der Waals surface area contributed by atoms with Crippen LogP contribution >= 0.6 is 39.3 Å². The number of nitrogens with zero attached hydrogens (tertiary/aromatic N) is 1. The van der Waals surface area contributed by atoms with Crippen molar-refractivity contribution in [1.29, 1.82) is 0 Å². The van der Waals surface area contributed by atoms with E-state index in [1.807, 2.05) is 6.07 Å². The number of phenolic OH excluding ortho intramolecular Hbond substituents is 1. The van der Waals surface area contributed by atoms with E-state index in [1.165, 1.54) is 6.07 Å². The zero-order chi connectivity index (χ0) is 16.6. The lowest BCUT2D eigenvalue weighted by atomic mass is 10.2. The van der Waals surface area contributed by atoms with Crippen molar-refractivity contribution in [3.05, 3.63) is 62.4 Å². The van der Waals surface area contributed by atoms with Gasteiger partial charge in [-0.15, -0.1) is 0 Å². The molecular formula is C16H9BrClNO3S. The molecule has 0 saturated carbocycles. The number of hydrogen-bond acceptors (Lipinski definition) is 4. The van der Waals surface area contributed by atoms with E-state index < -0.39 is 0 Å². The van der Waals surface area contributed by atoms with Gasteiger partial charge in [-0.2, -0.15) is 0 Å². The van der Waals surface area contributed by atoms with Crippen LogP contribution in [0.15, 0.2) is 51.8 Å². The average molecular weight is 411 g/mol. The SMILES string of the molecule is O=C1SC(=Cc2cc(Cl)c(O)c(Br)c2)C(=O)N1c1ccccc1. The minimum atomic E-state index is -0.383. The van der Waals surface area contributed by atoms with Gasteiger partial charge in [-0.05, 0) is 63.6 Å². The first kappa shape index (κ1) is 16.1. The molecule has 116 valence electrons. The summed E-state index contributed by atoms with van der Waals surface area (Å²) in [7, 11) is 0. The third-order valence-corrected chi connectivity index (χ3v) is 4.91. The van der Waals surface area contributed by atoms with Gasteiger partial charge in [-0.25, -0.2) is 4.90 Å². The van der Waals surface area contributed by atoms with Crippen LogP contribution in [0, 0.1) is 0 Å². The number of phenols is 1. The summed E-state index contributed by atoms with van der Waals surface area (Å²) in [4.78, 5) is 26.0. The topological polar surface area (TPSA) is 57.6 Å². The number of para-hydroxylation sites is 1. The number of aromatic hydroxyl groups is 1. The van der Waals surface area contributed by atoms with Crippen LogP contribution in [-0.2, 0) is 4.79 Å². The van der Waals surface area contributed by atoms with Gasteiger partial charge in [-0.1, -0.05) is 29.8 Å². The largest absolute Gasteiger partial charge is 0.505 e. The first-order valence-electron chi connectivity index (χ1n) is 6.48. The number of imide groups is 1. The number of thioether (sulfide) groups is 1. The molecule has 0 spiro atoms. The van der Waals surface area contributed by atoms with Crippen LogP contribution in [0.4, 0.5) is 10.5 Å². The fraction of sp³-hybridized carbons (Fsp3) is 0. The van der Waals surface area contributed by atoms with Crippen LogP contribution < -0.4 is 4.90 Å². The van der Waals surface area contributed by atoms with Crippen molar-refractivity contribution >= 4 is 62.2 Å². The minimum absolute atomic E-state index is 0.0683. The number of carbonyl (C=O) groups excluding carboxylic acids is 2. The number of benzene rings is 2. The highest BCUT2D eigenvalue weighted by molar-refractivity contribution is 9.10. The Morgan fingerprint density at radius 3 is 2.52 bits per heavy atom. The van der Waals surface area contributed by atoms with Crippen LogP contribution in [0.25, 0.3) is 6.08 Å². The molecule has 0 atom stereocenters. The van der Waals surface area contributed by atoms with Crippen LogP contribution in [0.5, 0.6) is 5.75 Å². The van der Waals surface area contributed by atoms with Crippen molar-refractivity contribution in [3.8, 4) is 5.75 Å². The number of hydrogen-bond donors (Lipinski definition) is 1.